The number of carbonyl (C=O) groups excluding carboxylic acids is 2. The summed E-state index contributed by atoms with van der Waals surface area (Å²) < 4.78 is 9.74. The Hall–Kier alpha value is -1.14. The summed E-state index contributed by atoms with van der Waals surface area (Å²) in [5.74, 6) is -0.475. The zero-order valence-corrected chi connectivity index (χ0v) is 10.3. The van der Waals surface area contributed by atoms with Crippen molar-refractivity contribution >= 4 is 11.9 Å². The second-order valence-electron chi connectivity index (χ2n) is 4.08. The number of hydrogen-bond donors (Lipinski definition) is 2. The van der Waals surface area contributed by atoms with Crippen LogP contribution in [0.4, 0.5) is 0 Å². The Balaban J connectivity index is 2.18. The number of hydrogen-bond acceptors (Lipinski definition) is 5. The highest BCUT2D eigenvalue weighted by molar-refractivity contribution is 5.80. The molecule has 6 heteroatoms. The summed E-state index contributed by atoms with van der Waals surface area (Å²) in [7, 11) is 1.32. The summed E-state index contributed by atoms with van der Waals surface area (Å²) >= 11 is 0. The van der Waals surface area contributed by atoms with Gasteiger partial charge in [-0.2, -0.15) is 0 Å². The summed E-state index contributed by atoms with van der Waals surface area (Å²) in [6.45, 7) is 3.16. The Morgan fingerprint density at radius 2 is 2.06 bits per heavy atom. The molecule has 1 atom stereocenters. The lowest BCUT2D eigenvalue weighted by Gasteiger charge is -2.23. The Kier molecular flexibility index (Phi) is 5.93. The maximum Gasteiger partial charge on any atom is 0.322 e. The fourth-order valence-corrected chi connectivity index (χ4v) is 1.63. The topological polar surface area (TPSA) is 76.7 Å². The average Bonchev–Trinajstić information content (AvgIpc) is 2.36. The molecule has 1 heterocycles. The largest absolute Gasteiger partial charge is 0.468 e. The molecule has 0 aromatic carbocycles. The van der Waals surface area contributed by atoms with E-state index in [0.29, 0.717) is 13.2 Å². The Labute approximate surface area is 101 Å². The van der Waals surface area contributed by atoms with Gasteiger partial charge in [-0.25, -0.2) is 0 Å². The quantitative estimate of drug-likeness (QED) is 0.634. The van der Waals surface area contributed by atoms with Crippen molar-refractivity contribution in [3.63, 3.8) is 0 Å². The lowest BCUT2D eigenvalue weighted by atomic mass is 10.1. The first-order valence-electron chi connectivity index (χ1n) is 5.81. The van der Waals surface area contributed by atoms with E-state index in [9.17, 15) is 9.59 Å². The molecule has 17 heavy (non-hydrogen) atoms. The summed E-state index contributed by atoms with van der Waals surface area (Å²) in [4.78, 5) is 22.6. The van der Waals surface area contributed by atoms with E-state index >= 15 is 0 Å². The predicted molar refractivity (Wildman–Crippen MR) is 61.5 cm³/mol. The van der Waals surface area contributed by atoms with E-state index in [1.54, 1.807) is 6.92 Å². The molecule has 0 saturated carbocycles. The Bertz CT molecular complexity index is 264. The smallest absolute Gasteiger partial charge is 0.322 e. The van der Waals surface area contributed by atoms with Crippen LogP contribution in [-0.2, 0) is 19.1 Å². The lowest BCUT2D eigenvalue weighted by molar-refractivity contribution is -0.142. The molecule has 1 aliphatic heterocycles. The van der Waals surface area contributed by atoms with Crippen LogP contribution < -0.4 is 10.6 Å². The van der Waals surface area contributed by atoms with Gasteiger partial charge < -0.3 is 14.8 Å². The summed E-state index contributed by atoms with van der Waals surface area (Å²) in [6, 6.07) is -0.285. The van der Waals surface area contributed by atoms with Gasteiger partial charge in [-0.15, -0.1) is 0 Å². The second-order valence-corrected chi connectivity index (χ2v) is 4.08. The van der Waals surface area contributed by atoms with Crippen molar-refractivity contribution < 1.29 is 19.1 Å². The predicted octanol–water partition coefficient (Wildman–Crippen LogP) is -0.567. The van der Waals surface area contributed by atoms with E-state index < -0.39 is 6.04 Å². The molecule has 1 saturated heterocycles. The minimum absolute atomic E-state index is 0.104. The maximum absolute atomic E-state index is 11.6. The minimum atomic E-state index is -0.472. The van der Waals surface area contributed by atoms with Crippen LogP contribution in [0.15, 0.2) is 0 Å². The van der Waals surface area contributed by atoms with Crippen molar-refractivity contribution in [2.45, 2.75) is 31.8 Å². The molecule has 1 unspecified atom stereocenters. The third-order valence-electron chi connectivity index (χ3n) is 2.71. The van der Waals surface area contributed by atoms with Crippen LogP contribution in [0.3, 0.4) is 0 Å². The van der Waals surface area contributed by atoms with Crippen LogP contribution in [0.2, 0.25) is 0 Å². The van der Waals surface area contributed by atoms with Crippen LogP contribution in [0.5, 0.6) is 0 Å². The van der Waals surface area contributed by atoms with Gasteiger partial charge in [0.25, 0.3) is 0 Å². The van der Waals surface area contributed by atoms with Crippen molar-refractivity contribution in [2.24, 2.45) is 0 Å². The molecule has 1 aliphatic rings. The van der Waals surface area contributed by atoms with E-state index in [-0.39, 0.29) is 24.5 Å². The van der Waals surface area contributed by atoms with Crippen molar-refractivity contribution in [2.75, 3.05) is 26.9 Å². The van der Waals surface area contributed by atoms with Crippen molar-refractivity contribution in [3.05, 3.63) is 0 Å². The summed E-state index contributed by atoms with van der Waals surface area (Å²) in [5, 5.41) is 5.70. The van der Waals surface area contributed by atoms with Crippen molar-refractivity contribution in [1.82, 2.24) is 10.6 Å². The van der Waals surface area contributed by atoms with E-state index in [2.05, 4.69) is 15.4 Å². The van der Waals surface area contributed by atoms with Gasteiger partial charge in [0.15, 0.2) is 0 Å². The molecule has 98 valence electrons. The first-order chi connectivity index (χ1) is 8.13. The van der Waals surface area contributed by atoms with Gasteiger partial charge in [0, 0.05) is 19.3 Å². The molecule has 0 aromatic heterocycles. The van der Waals surface area contributed by atoms with E-state index in [4.69, 9.17) is 4.74 Å². The van der Waals surface area contributed by atoms with Crippen molar-refractivity contribution in [3.8, 4) is 0 Å². The maximum atomic E-state index is 11.6. The lowest BCUT2D eigenvalue weighted by Crippen LogP contribution is -2.46. The van der Waals surface area contributed by atoms with Gasteiger partial charge in [0.05, 0.1) is 13.7 Å². The molecule has 0 aromatic rings. The number of methoxy groups -OCH3 is 1. The highest BCUT2D eigenvalue weighted by Crippen LogP contribution is 2.05. The van der Waals surface area contributed by atoms with E-state index in [1.807, 2.05) is 0 Å². The third kappa shape index (κ3) is 5.14. The molecule has 0 bridgehead atoms. The molecule has 0 radical (unpaired) electrons. The van der Waals surface area contributed by atoms with Crippen molar-refractivity contribution in [1.29, 1.82) is 0 Å². The highest BCUT2D eigenvalue weighted by Gasteiger charge is 2.17. The van der Waals surface area contributed by atoms with Gasteiger partial charge in [-0.1, -0.05) is 0 Å². The zero-order valence-electron chi connectivity index (χ0n) is 10.3. The van der Waals surface area contributed by atoms with Crippen LogP contribution in [0.25, 0.3) is 0 Å². The highest BCUT2D eigenvalue weighted by atomic mass is 16.5. The SMILES string of the molecule is COC(=O)C(C)NCC(=O)NC1CCOCC1. The molecule has 0 aliphatic carbocycles. The number of nitrogens with one attached hydrogen (secondary N) is 2. The van der Waals surface area contributed by atoms with Gasteiger partial charge >= 0.3 is 5.97 Å². The first kappa shape index (κ1) is 13.9. The molecular formula is C11H20N2O4. The zero-order chi connectivity index (χ0) is 12.7. The van der Waals surface area contributed by atoms with E-state index in [0.717, 1.165) is 12.8 Å². The van der Waals surface area contributed by atoms with Gasteiger partial charge in [0.2, 0.25) is 5.91 Å². The fraction of sp³-hybridized carbons (Fsp3) is 0.818. The Morgan fingerprint density at radius 1 is 1.41 bits per heavy atom. The normalized spacial score (nSPS) is 18.5. The molecule has 2 N–H and O–H groups in total. The van der Waals surface area contributed by atoms with Gasteiger partial charge in [-0.3, -0.25) is 14.9 Å². The molecule has 1 fully saturated rings. The van der Waals surface area contributed by atoms with E-state index in [1.165, 1.54) is 7.11 Å². The van der Waals surface area contributed by atoms with Gasteiger partial charge in [0.1, 0.15) is 6.04 Å². The number of amides is 1. The van der Waals surface area contributed by atoms with Crippen LogP contribution in [-0.4, -0.2) is 50.8 Å². The first-order valence-corrected chi connectivity index (χ1v) is 5.81. The molecule has 1 amide bonds. The fourth-order valence-electron chi connectivity index (χ4n) is 1.63. The number of ether oxygens (including phenoxy) is 2. The monoisotopic (exact) mass is 244 g/mol. The number of carbonyl (C=O) groups is 2. The van der Waals surface area contributed by atoms with Crippen LogP contribution in [0.1, 0.15) is 19.8 Å². The Morgan fingerprint density at radius 3 is 2.65 bits per heavy atom. The van der Waals surface area contributed by atoms with Crippen LogP contribution >= 0.6 is 0 Å². The second kappa shape index (κ2) is 7.24. The number of esters is 1. The molecule has 0 spiro atoms. The summed E-state index contributed by atoms with van der Waals surface area (Å²) in [5.41, 5.74) is 0. The molecule has 6 nitrogen and oxygen atoms in total. The number of rotatable bonds is 5. The van der Waals surface area contributed by atoms with Crippen LogP contribution in [0, 0.1) is 0 Å². The summed E-state index contributed by atoms with van der Waals surface area (Å²) in [6.07, 6.45) is 1.69. The molecule has 1 rings (SSSR count). The molecular weight excluding hydrogens is 224 g/mol. The minimum Gasteiger partial charge on any atom is -0.468 e. The standard InChI is InChI=1S/C11H20N2O4/c1-8(11(15)16-2)12-7-10(14)13-9-3-5-17-6-4-9/h8-9,12H,3-7H2,1-2H3,(H,13,14). The third-order valence-corrected chi connectivity index (χ3v) is 2.71. The average molecular weight is 244 g/mol. The van der Waals surface area contributed by atoms with Gasteiger partial charge in [-0.05, 0) is 19.8 Å².